The predicted molar refractivity (Wildman–Crippen MR) is 104 cm³/mol. The van der Waals surface area contributed by atoms with Gasteiger partial charge in [-0.15, -0.1) is 0 Å². The topological polar surface area (TPSA) is 71.5 Å². The highest BCUT2D eigenvalue weighted by Crippen LogP contribution is 2.23. The minimum atomic E-state index is -0.349. The van der Waals surface area contributed by atoms with Crippen LogP contribution in [0.4, 0.5) is 11.4 Å². The smallest absolute Gasteiger partial charge is 0.276 e. The van der Waals surface area contributed by atoms with Crippen LogP contribution in [0.2, 0.25) is 0 Å². The van der Waals surface area contributed by atoms with E-state index in [1.807, 2.05) is 36.4 Å². The van der Waals surface area contributed by atoms with Gasteiger partial charge in [0.05, 0.1) is 12.8 Å². The number of hydrogen-bond acceptors (Lipinski definition) is 4. The SMILES string of the molecule is COc1ccccc1NC(=O)c1ccnc(C(=O)N(C)c2ccccc2)c1. The van der Waals surface area contributed by atoms with Crippen LogP contribution in [0.25, 0.3) is 0 Å². The first-order valence-corrected chi connectivity index (χ1v) is 8.33. The summed E-state index contributed by atoms with van der Waals surface area (Å²) in [5, 5.41) is 2.79. The zero-order valence-electron chi connectivity index (χ0n) is 15.0. The standard InChI is InChI=1S/C21H19N3O3/c1-24(16-8-4-3-5-9-16)21(26)18-14-15(12-13-22-18)20(25)23-17-10-6-7-11-19(17)27-2/h3-14H,1-2H3,(H,23,25). The third kappa shape index (κ3) is 4.12. The number of rotatable bonds is 5. The molecule has 6 nitrogen and oxygen atoms in total. The number of amides is 2. The van der Waals surface area contributed by atoms with Gasteiger partial charge in [0.2, 0.25) is 0 Å². The van der Waals surface area contributed by atoms with Gasteiger partial charge < -0.3 is 15.0 Å². The van der Waals surface area contributed by atoms with Crippen LogP contribution in [0.15, 0.2) is 72.9 Å². The lowest BCUT2D eigenvalue weighted by molar-refractivity contribution is 0.0988. The number of carbonyl (C=O) groups excluding carboxylic acids is 2. The number of nitrogens with zero attached hydrogens (tertiary/aromatic N) is 2. The van der Waals surface area contributed by atoms with Crippen molar-refractivity contribution in [2.75, 3.05) is 24.4 Å². The van der Waals surface area contributed by atoms with Gasteiger partial charge in [0.25, 0.3) is 11.8 Å². The normalized spacial score (nSPS) is 10.1. The number of benzene rings is 2. The van der Waals surface area contributed by atoms with Crippen molar-refractivity contribution in [3.8, 4) is 5.75 Å². The summed E-state index contributed by atoms with van der Waals surface area (Å²) in [4.78, 5) is 30.9. The molecule has 0 radical (unpaired) electrons. The number of carbonyl (C=O) groups is 2. The molecule has 6 heteroatoms. The largest absolute Gasteiger partial charge is 0.495 e. The highest BCUT2D eigenvalue weighted by atomic mass is 16.5. The van der Waals surface area contributed by atoms with E-state index >= 15 is 0 Å². The lowest BCUT2D eigenvalue weighted by Gasteiger charge is -2.17. The van der Waals surface area contributed by atoms with Gasteiger partial charge in [-0.05, 0) is 36.4 Å². The maximum absolute atomic E-state index is 12.7. The summed E-state index contributed by atoms with van der Waals surface area (Å²) in [5.41, 5.74) is 1.82. The molecule has 2 amide bonds. The average molecular weight is 361 g/mol. The molecule has 0 aliphatic heterocycles. The molecule has 1 N–H and O–H groups in total. The highest BCUT2D eigenvalue weighted by molar-refractivity contribution is 6.08. The molecule has 27 heavy (non-hydrogen) atoms. The molecule has 3 rings (SSSR count). The van der Waals surface area contributed by atoms with Crippen molar-refractivity contribution in [1.82, 2.24) is 4.98 Å². The van der Waals surface area contributed by atoms with E-state index in [1.54, 1.807) is 31.3 Å². The van der Waals surface area contributed by atoms with Crippen molar-refractivity contribution >= 4 is 23.2 Å². The van der Waals surface area contributed by atoms with Crippen molar-refractivity contribution in [1.29, 1.82) is 0 Å². The molecule has 0 saturated heterocycles. The number of ether oxygens (including phenoxy) is 1. The Morgan fingerprint density at radius 2 is 1.70 bits per heavy atom. The second-order valence-electron chi connectivity index (χ2n) is 5.78. The molecular weight excluding hydrogens is 342 g/mol. The van der Waals surface area contributed by atoms with Crippen LogP contribution in [0.3, 0.4) is 0 Å². The number of anilines is 2. The van der Waals surface area contributed by atoms with Crippen molar-refractivity contribution in [3.63, 3.8) is 0 Å². The monoisotopic (exact) mass is 361 g/mol. The molecular formula is C21H19N3O3. The van der Waals surface area contributed by atoms with Crippen LogP contribution in [0, 0.1) is 0 Å². The Hall–Kier alpha value is -3.67. The first kappa shape index (κ1) is 18.1. The number of aromatic nitrogens is 1. The van der Waals surface area contributed by atoms with Crippen LogP contribution < -0.4 is 15.0 Å². The number of nitrogens with one attached hydrogen (secondary N) is 1. The minimum Gasteiger partial charge on any atom is -0.495 e. The second-order valence-corrected chi connectivity index (χ2v) is 5.78. The molecule has 3 aromatic rings. The summed E-state index contributed by atoms with van der Waals surface area (Å²) in [6.07, 6.45) is 1.45. The van der Waals surface area contributed by atoms with Crippen LogP contribution in [0.1, 0.15) is 20.8 Å². The molecule has 0 atom stereocenters. The molecule has 0 bridgehead atoms. The molecule has 1 heterocycles. The Labute approximate surface area is 157 Å². The lowest BCUT2D eigenvalue weighted by Crippen LogP contribution is -2.27. The van der Waals surface area contributed by atoms with Crippen LogP contribution >= 0.6 is 0 Å². The maximum atomic E-state index is 12.7. The maximum Gasteiger partial charge on any atom is 0.276 e. The predicted octanol–water partition coefficient (Wildman–Crippen LogP) is 3.62. The summed E-state index contributed by atoms with van der Waals surface area (Å²) in [5.74, 6) is -0.0912. The van der Waals surface area contributed by atoms with Crippen molar-refractivity contribution in [2.24, 2.45) is 0 Å². The quantitative estimate of drug-likeness (QED) is 0.753. The summed E-state index contributed by atoms with van der Waals surface area (Å²) in [6, 6.07) is 19.4. The molecule has 1 aromatic heterocycles. The van der Waals surface area contributed by atoms with Gasteiger partial charge in [0.15, 0.2) is 0 Å². The van der Waals surface area contributed by atoms with E-state index in [0.29, 0.717) is 17.0 Å². The second kappa shape index (κ2) is 8.14. The van der Waals surface area contributed by atoms with Gasteiger partial charge in [0, 0.05) is 24.5 Å². The van der Waals surface area contributed by atoms with E-state index in [2.05, 4.69) is 10.3 Å². The molecule has 0 fully saturated rings. The zero-order chi connectivity index (χ0) is 19.2. The van der Waals surface area contributed by atoms with Crippen LogP contribution in [0.5, 0.6) is 5.75 Å². The van der Waals surface area contributed by atoms with Crippen molar-refractivity contribution < 1.29 is 14.3 Å². The first-order valence-electron chi connectivity index (χ1n) is 8.33. The fraction of sp³-hybridized carbons (Fsp3) is 0.0952. The zero-order valence-corrected chi connectivity index (χ0v) is 15.0. The molecule has 136 valence electrons. The van der Waals surface area contributed by atoms with Crippen LogP contribution in [-0.4, -0.2) is 31.0 Å². The summed E-state index contributed by atoms with van der Waals surface area (Å²) in [7, 11) is 3.20. The van der Waals surface area contributed by atoms with Gasteiger partial charge in [-0.1, -0.05) is 30.3 Å². The fourth-order valence-electron chi connectivity index (χ4n) is 2.57. The summed E-state index contributed by atoms with van der Waals surface area (Å²) < 4.78 is 5.24. The molecule has 2 aromatic carbocycles. The Balaban J connectivity index is 1.80. The number of para-hydroxylation sites is 3. The Morgan fingerprint density at radius 1 is 1.00 bits per heavy atom. The summed E-state index contributed by atoms with van der Waals surface area (Å²) in [6.45, 7) is 0. The van der Waals surface area contributed by atoms with E-state index in [9.17, 15) is 9.59 Å². The van der Waals surface area contributed by atoms with E-state index in [-0.39, 0.29) is 17.5 Å². The van der Waals surface area contributed by atoms with E-state index < -0.39 is 0 Å². The molecule has 0 spiro atoms. The van der Waals surface area contributed by atoms with Gasteiger partial charge in [0.1, 0.15) is 11.4 Å². The molecule has 0 aliphatic carbocycles. The third-order valence-electron chi connectivity index (χ3n) is 4.04. The highest BCUT2D eigenvalue weighted by Gasteiger charge is 2.17. The van der Waals surface area contributed by atoms with E-state index in [1.165, 1.54) is 24.3 Å². The Kier molecular flexibility index (Phi) is 5.47. The van der Waals surface area contributed by atoms with E-state index in [4.69, 9.17) is 4.74 Å². The van der Waals surface area contributed by atoms with Gasteiger partial charge in [-0.3, -0.25) is 14.6 Å². The first-order chi connectivity index (χ1) is 13.1. The molecule has 0 aliphatic rings. The number of hydrogen-bond donors (Lipinski definition) is 1. The summed E-state index contributed by atoms with van der Waals surface area (Å²) >= 11 is 0. The molecule has 0 unspecified atom stereocenters. The fourth-order valence-corrected chi connectivity index (χ4v) is 2.57. The minimum absolute atomic E-state index is 0.189. The Bertz CT molecular complexity index is 958. The van der Waals surface area contributed by atoms with Crippen molar-refractivity contribution in [2.45, 2.75) is 0 Å². The number of pyridine rings is 1. The molecule has 0 saturated carbocycles. The van der Waals surface area contributed by atoms with Crippen LogP contribution in [-0.2, 0) is 0 Å². The van der Waals surface area contributed by atoms with E-state index in [0.717, 1.165) is 5.69 Å². The Morgan fingerprint density at radius 3 is 2.44 bits per heavy atom. The lowest BCUT2D eigenvalue weighted by atomic mass is 10.2. The van der Waals surface area contributed by atoms with Gasteiger partial charge >= 0.3 is 0 Å². The average Bonchev–Trinajstić information content (AvgIpc) is 2.73. The number of methoxy groups -OCH3 is 1. The van der Waals surface area contributed by atoms with Gasteiger partial charge in [-0.2, -0.15) is 0 Å². The third-order valence-corrected chi connectivity index (χ3v) is 4.04. The van der Waals surface area contributed by atoms with Gasteiger partial charge in [-0.25, -0.2) is 0 Å². The van der Waals surface area contributed by atoms with Crippen molar-refractivity contribution in [3.05, 3.63) is 84.2 Å².